The Morgan fingerprint density at radius 2 is 1.56 bits per heavy atom. The monoisotopic (exact) mass is 488 g/mol. The molecule has 0 aliphatic heterocycles. The molecule has 164 valence electrons. The van der Waals surface area contributed by atoms with E-state index in [0.29, 0.717) is 21.4 Å². The maximum atomic E-state index is 12.5. The van der Waals surface area contributed by atoms with Crippen molar-refractivity contribution in [3.05, 3.63) is 87.9 Å². The SMILES string of the molecule is CC(Sc1ccc(NC(=O)c2ccccc2C(=O)O)cc1)C(=O)Nc1cc(Cl)ccc1Cl. The molecule has 0 saturated carbocycles. The van der Waals surface area contributed by atoms with Crippen molar-refractivity contribution >= 4 is 64.1 Å². The average molecular weight is 489 g/mol. The van der Waals surface area contributed by atoms with Crippen LogP contribution in [0.5, 0.6) is 0 Å². The van der Waals surface area contributed by atoms with Crippen molar-refractivity contribution < 1.29 is 19.5 Å². The second-order valence-electron chi connectivity index (χ2n) is 6.70. The Kier molecular flexibility index (Phi) is 7.80. The van der Waals surface area contributed by atoms with Crippen LogP contribution in [-0.4, -0.2) is 28.1 Å². The van der Waals surface area contributed by atoms with Crippen molar-refractivity contribution in [2.45, 2.75) is 17.1 Å². The summed E-state index contributed by atoms with van der Waals surface area (Å²) in [6, 6.07) is 17.7. The summed E-state index contributed by atoms with van der Waals surface area (Å²) in [4.78, 5) is 37.1. The van der Waals surface area contributed by atoms with Crippen LogP contribution in [0.3, 0.4) is 0 Å². The molecule has 3 aromatic carbocycles. The molecule has 1 atom stereocenters. The number of halogens is 2. The topological polar surface area (TPSA) is 95.5 Å². The van der Waals surface area contributed by atoms with Gasteiger partial charge in [-0.25, -0.2) is 4.79 Å². The number of carboxylic acid groups (broad SMARTS) is 1. The molecule has 0 radical (unpaired) electrons. The zero-order valence-electron chi connectivity index (χ0n) is 16.8. The molecule has 0 aliphatic carbocycles. The van der Waals surface area contributed by atoms with Crippen LogP contribution in [-0.2, 0) is 4.79 Å². The Morgan fingerprint density at radius 3 is 2.22 bits per heavy atom. The van der Waals surface area contributed by atoms with Gasteiger partial charge in [-0.05, 0) is 61.5 Å². The first-order chi connectivity index (χ1) is 15.2. The van der Waals surface area contributed by atoms with Gasteiger partial charge in [0, 0.05) is 15.6 Å². The molecule has 0 spiro atoms. The van der Waals surface area contributed by atoms with Gasteiger partial charge in [-0.3, -0.25) is 9.59 Å². The van der Waals surface area contributed by atoms with Crippen LogP contribution in [0, 0.1) is 0 Å². The molecule has 2 amide bonds. The third-order valence-electron chi connectivity index (χ3n) is 4.38. The van der Waals surface area contributed by atoms with Gasteiger partial charge in [0.15, 0.2) is 0 Å². The standard InChI is InChI=1S/C23H18Cl2N2O4S/c1-13(21(28)27-20-12-14(24)6-11-19(20)25)32-16-9-7-15(8-10-16)26-22(29)17-4-2-3-5-18(17)23(30)31/h2-13H,1H3,(H,26,29)(H,27,28)(H,30,31). The summed E-state index contributed by atoms with van der Waals surface area (Å²) in [6.45, 7) is 1.76. The number of nitrogens with one attached hydrogen (secondary N) is 2. The lowest BCUT2D eigenvalue weighted by atomic mass is 10.1. The molecule has 6 nitrogen and oxygen atoms in total. The predicted octanol–water partition coefficient (Wildman–Crippen LogP) is 6.06. The van der Waals surface area contributed by atoms with Gasteiger partial charge in [0.2, 0.25) is 5.91 Å². The van der Waals surface area contributed by atoms with Gasteiger partial charge >= 0.3 is 5.97 Å². The largest absolute Gasteiger partial charge is 0.478 e. The van der Waals surface area contributed by atoms with Crippen molar-refractivity contribution in [1.29, 1.82) is 0 Å². The molecule has 0 aliphatic rings. The van der Waals surface area contributed by atoms with E-state index >= 15 is 0 Å². The fraction of sp³-hybridized carbons (Fsp3) is 0.0870. The molecule has 32 heavy (non-hydrogen) atoms. The highest BCUT2D eigenvalue weighted by molar-refractivity contribution is 8.00. The molecular formula is C23H18Cl2N2O4S. The lowest BCUT2D eigenvalue weighted by Crippen LogP contribution is -2.22. The van der Waals surface area contributed by atoms with Gasteiger partial charge in [0.05, 0.1) is 27.1 Å². The highest BCUT2D eigenvalue weighted by Crippen LogP contribution is 2.29. The second-order valence-corrected chi connectivity index (χ2v) is 8.96. The lowest BCUT2D eigenvalue weighted by molar-refractivity contribution is -0.115. The number of hydrogen-bond donors (Lipinski definition) is 3. The van der Waals surface area contributed by atoms with Crippen LogP contribution < -0.4 is 10.6 Å². The molecule has 0 aromatic heterocycles. The van der Waals surface area contributed by atoms with Crippen LogP contribution in [0.2, 0.25) is 10.0 Å². The second kappa shape index (κ2) is 10.5. The van der Waals surface area contributed by atoms with Gasteiger partial charge in [0.1, 0.15) is 0 Å². The number of thioether (sulfide) groups is 1. The molecule has 3 N–H and O–H groups in total. The van der Waals surface area contributed by atoms with Crippen molar-refractivity contribution in [2.24, 2.45) is 0 Å². The average Bonchev–Trinajstić information content (AvgIpc) is 2.77. The van der Waals surface area contributed by atoms with E-state index in [2.05, 4.69) is 10.6 Å². The number of anilines is 2. The lowest BCUT2D eigenvalue weighted by Gasteiger charge is -2.14. The number of carboxylic acids is 1. The fourth-order valence-corrected chi connectivity index (χ4v) is 3.97. The van der Waals surface area contributed by atoms with E-state index in [1.165, 1.54) is 23.9 Å². The van der Waals surface area contributed by atoms with Crippen LogP contribution in [0.4, 0.5) is 11.4 Å². The zero-order chi connectivity index (χ0) is 23.3. The Bertz CT molecular complexity index is 1170. The number of aromatic carboxylic acids is 1. The Labute approximate surface area is 198 Å². The minimum absolute atomic E-state index is 0.0724. The van der Waals surface area contributed by atoms with Crippen LogP contribution in [0.1, 0.15) is 27.6 Å². The predicted molar refractivity (Wildman–Crippen MR) is 128 cm³/mol. The first-order valence-electron chi connectivity index (χ1n) is 9.41. The molecule has 0 saturated heterocycles. The van der Waals surface area contributed by atoms with Gasteiger partial charge in [0.25, 0.3) is 5.91 Å². The van der Waals surface area contributed by atoms with E-state index < -0.39 is 17.1 Å². The summed E-state index contributed by atoms with van der Waals surface area (Å²) in [6.07, 6.45) is 0. The van der Waals surface area contributed by atoms with Crippen molar-refractivity contribution in [3.8, 4) is 0 Å². The molecule has 9 heteroatoms. The summed E-state index contributed by atoms with van der Waals surface area (Å²) < 4.78 is 0. The normalized spacial score (nSPS) is 11.5. The summed E-state index contributed by atoms with van der Waals surface area (Å²) in [7, 11) is 0. The van der Waals surface area contributed by atoms with E-state index in [0.717, 1.165) is 4.90 Å². The van der Waals surface area contributed by atoms with E-state index in [1.54, 1.807) is 61.5 Å². The first kappa shape index (κ1) is 23.7. The van der Waals surface area contributed by atoms with E-state index in [9.17, 15) is 19.5 Å². The number of carbonyl (C=O) groups excluding carboxylic acids is 2. The fourth-order valence-electron chi connectivity index (χ4n) is 2.77. The van der Waals surface area contributed by atoms with Crippen molar-refractivity contribution in [3.63, 3.8) is 0 Å². The van der Waals surface area contributed by atoms with Gasteiger partial charge in [-0.2, -0.15) is 0 Å². The molecule has 0 heterocycles. The molecule has 3 aromatic rings. The van der Waals surface area contributed by atoms with Gasteiger partial charge < -0.3 is 15.7 Å². The van der Waals surface area contributed by atoms with Crippen LogP contribution in [0.15, 0.2) is 71.6 Å². The minimum atomic E-state index is -1.17. The quantitative estimate of drug-likeness (QED) is 0.351. The highest BCUT2D eigenvalue weighted by Gasteiger charge is 2.17. The summed E-state index contributed by atoms with van der Waals surface area (Å²) in [5.74, 6) is -1.93. The van der Waals surface area contributed by atoms with Gasteiger partial charge in [-0.15, -0.1) is 11.8 Å². The summed E-state index contributed by atoms with van der Waals surface area (Å²) in [5.41, 5.74) is 0.943. The summed E-state index contributed by atoms with van der Waals surface area (Å²) >= 11 is 13.4. The number of amides is 2. The maximum Gasteiger partial charge on any atom is 0.336 e. The maximum absolute atomic E-state index is 12.5. The Hall–Kier alpha value is -3.00. The number of benzene rings is 3. The minimum Gasteiger partial charge on any atom is -0.478 e. The zero-order valence-corrected chi connectivity index (χ0v) is 19.1. The highest BCUT2D eigenvalue weighted by atomic mass is 35.5. The van der Waals surface area contributed by atoms with Crippen LogP contribution in [0.25, 0.3) is 0 Å². The third kappa shape index (κ3) is 6.03. The molecule has 0 fully saturated rings. The number of rotatable bonds is 7. The van der Waals surface area contributed by atoms with E-state index in [1.807, 2.05) is 0 Å². The van der Waals surface area contributed by atoms with Crippen molar-refractivity contribution in [1.82, 2.24) is 0 Å². The first-order valence-corrected chi connectivity index (χ1v) is 11.0. The molecular weight excluding hydrogens is 471 g/mol. The number of hydrogen-bond acceptors (Lipinski definition) is 4. The van der Waals surface area contributed by atoms with Crippen molar-refractivity contribution in [2.75, 3.05) is 10.6 Å². The Balaban J connectivity index is 1.62. The van der Waals surface area contributed by atoms with Crippen LogP contribution >= 0.6 is 35.0 Å². The molecule has 1 unspecified atom stereocenters. The molecule has 0 bridgehead atoms. The van der Waals surface area contributed by atoms with E-state index in [-0.39, 0.29) is 17.0 Å². The third-order valence-corrected chi connectivity index (χ3v) is 6.06. The Morgan fingerprint density at radius 1 is 0.906 bits per heavy atom. The van der Waals surface area contributed by atoms with E-state index in [4.69, 9.17) is 23.2 Å². The number of carbonyl (C=O) groups is 3. The summed E-state index contributed by atoms with van der Waals surface area (Å²) in [5, 5.41) is 15.1. The smallest absolute Gasteiger partial charge is 0.336 e. The molecule has 3 rings (SSSR count). The van der Waals surface area contributed by atoms with Gasteiger partial charge in [-0.1, -0.05) is 35.3 Å².